The normalized spacial score (nSPS) is 14.0. The maximum absolute atomic E-state index is 12.4. The van der Waals surface area contributed by atoms with Crippen LogP contribution in [0.4, 0.5) is 0 Å². The summed E-state index contributed by atoms with van der Waals surface area (Å²) in [5.41, 5.74) is 2.09. The van der Waals surface area contributed by atoms with Crippen LogP contribution in [-0.2, 0) is 0 Å². The van der Waals surface area contributed by atoms with E-state index in [4.69, 9.17) is 11.6 Å². The number of fused-ring (bicyclic) bond motifs is 1. The molecule has 0 radical (unpaired) electrons. The second kappa shape index (κ2) is 6.67. The van der Waals surface area contributed by atoms with Crippen LogP contribution in [0, 0.1) is 13.8 Å². The first-order chi connectivity index (χ1) is 11.4. The van der Waals surface area contributed by atoms with Gasteiger partial charge in [-0.3, -0.25) is 4.79 Å². The quantitative estimate of drug-likeness (QED) is 0.710. The van der Waals surface area contributed by atoms with Crippen LogP contribution >= 0.6 is 22.9 Å². The lowest BCUT2D eigenvalue weighted by Crippen LogP contribution is -2.26. The van der Waals surface area contributed by atoms with Gasteiger partial charge in [0.2, 0.25) is 0 Å². The van der Waals surface area contributed by atoms with Gasteiger partial charge >= 0.3 is 0 Å². The minimum absolute atomic E-state index is 0.0651. The molecule has 24 heavy (non-hydrogen) atoms. The highest BCUT2D eigenvalue weighted by Gasteiger charge is 2.17. The van der Waals surface area contributed by atoms with E-state index in [0.717, 1.165) is 25.9 Å². The summed E-state index contributed by atoms with van der Waals surface area (Å²) in [5, 5.41) is 4.90. The van der Waals surface area contributed by atoms with Gasteiger partial charge in [-0.05, 0) is 51.0 Å². The summed E-state index contributed by atoms with van der Waals surface area (Å²) in [4.78, 5) is 21.9. The van der Waals surface area contributed by atoms with E-state index in [0.29, 0.717) is 11.2 Å². The molecule has 1 aromatic carbocycles. The third-order valence-corrected chi connectivity index (χ3v) is 5.69. The van der Waals surface area contributed by atoms with Crippen LogP contribution < -0.4 is 10.9 Å². The Labute approximate surface area is 149 Å². The van der Waals surface area contributed by atoms with Crippen molar-refractivity contribution < 1.29 is 0 Å². The molecule has 6 heteroatoms. The number of hydrogen-bond acceptors (Lipinski definition) is 4. The number of hydrogen-bond donors (Lipinski definition) is 2. The zero-order valence-electron chi connectivity index (χ0n) is 14.1. The first kappa shape index (κ1) is 17.1. The fourth-order valence-electron chi connectivity index (χ4n) is 2.78. The predicted molar refractivity (Wildman–Crippen MR) is 101 cm³/mol. The molecular weight excluding hydrogens is 342 g/mol. The molecule has 2 N–H and O–H groups in total. The van der Waals surface area contributed by atoms with E-state index in [9.17, 15) is 4.79 Å². The van der Waals surface area contributed by atoms with Crippen LogP contribution in [0.1, 0.15) is 47.8 Å². The first-order valence-electron chi connectivity index (χ1n) is 7.88. The van der Waals surface area contributed by atoms with E-state index in [-0.39, 0.29) is 17.6 Å². The maximum Gasteiger partial charge on any atom is 0.259 e. The average molecular weight is 362 g/mol. The molecule has 0 saturated heterocycles. The van der Waals surface area contributed by atoms with Crippen LogP contribution in [-0.4, -0.2) is 9.97 Å². The van der Waals surface area contributed by atoms with Gasteiger partial charge in [0.25, 0.3) is 5.56 Å². The topological polar surface area (TPSA) is 57.8 Å². The molecule has 3 aromatic rings. The zero-order chi connectivity index (χ0) is 17.4. The molecule has 0 unspecified atom stereocenters. The van der Waals surface area contributed by atoms with Crippen molar-refractivity contribution in [3.8, 4) is 0 Å². The highest BCUT2D eigenvalue weighted by molar-refractivity contribution is 7.18. The molecule has 2 atom stereocenters. The number of halogens is 1. The predicted octanol–water partition coefficient (Wildman–Crippen LogP) is 4.67. The van der Waals surface area contributed by atoms with Gasteiger partial charge in [0.1, 0.15) is 10.7 Å². The number of nitrogens with zero attached hydrogens (tertiary/aromatic N) is 1. The number of aryl methyl sites for hydroxylation is 2. The second-order valence-electron chi connectivity index (χ2n) is 6.08. The van der Waals surface area contributed by atoms with Gasteiger partial charge in [0, 0.05) is 15.9 Å². The van der Waals surface area contributed by atoms with Crippen molar-refractivity contribution in [2.75, 3.05) is 0 Å². The molecule has 3 rings (SSSR count). The van der Waals surface area contributed by atoms with Gasteiger partial charge in [0.05, 0.1) is 11.4 Å². The van der Waals surface area contributed by atoms with E-state index >= 15 is 0 Å². The third kappa shape index (κ3) is 3.24. The van der Waals surface area contributed by atoms with Crippen molar-refractivity contribution in [3.63, 3.8) is 0 Å². The molecule has 0 aliphatic rings. The molecule has 2 aromatic heterocycles. The lowest BCUT2D eigenvalue weighted by molar-refractivity contribution is 0.477. The number of aromatic nitrogens is 2. The molecule has 126 valence electrons. The van der Waals surface area contributed by atoms with Crippen LogP contribution in [0.25, 0.3) is 10.2 Å². The SMILES string of the molecule is Cc1sc2nc([C@@H](C)N[C@@H](C)c3ccc(Cl)cc3)[nH]c(=O)c2c1C. The highest BCUT2D eigenvalue weighted by Crippen LogP contribution is 2.27. The number of rotatable bonds is 4. The van der Waals surface area contributed by atoms with Crippen molar-refractivity contribution in [3.05, 3.63) is 61.5 Å². The van der Waals surface area contributed by atoms with E-state index < -0.39 is 0 Å². The van der Waals surface area contributed by atoms with Crippen molar-refractivity contribution >= 4 is 33.2 Å². The molecular formula is C18H20ClN3OS. The average Bonchev–Trinajstić information content (AvgIpc) is 2.82. The summed E-state index contributed by atoms with van der Waals surface area (Å²) in [6.45, 7) is 8.07. The molecule has 0 bridgehead atoms. The standard InChI is InChI=1S/C18H20ClN3OS/c1-9-12(4)24-18-15(9)17(23)21-16(22-18)11(3)20-10(2)13-5-7-14(19)8-6-13/h5-8,10-11,20H,1-4H3,(H,21,22,23)/t10-,11+/m0/s1. The van der Waals surface area contributed by atoms with Crippen molar-refractivity contribution in [1.82, 2.24) is 15.3 Å². The fraction of sp³-hybridized carbons (Fsp3) is 0.333. The van der Waals surface area contributed by atoms with Crippen LogP contribution in [0.15, 0.2) is 29.1 Å². The lowest BCUT2D eigenvalue weighted by Gasteiger charge is -2.20. The molecule has 4 nitrogen and oxygen atoms in total. The number of aromatic amines is 1. The smallest absolute Gasteiger partial charge is 0.259 e. The first-order valence-corrected chi connectivity index (χ1v) is 9.07. The Balaban J connectivity index is 1.87. The van der Waals surface area contributed by atoms with Crippen molar-refractivity contribution in [2.45, 2.75) is 39.8 Å². The number of benzene rings is 1. The fourth-order valence-corrected chi connectivity index (χ4v) is 3.94. The van der Waals surface area contributed by atoms with Gasteiger partial charge < -0.3 is 10.3 Å². The minimum atomic E-state index is -0.0736. The molecule has 0 aliphatic heterocycles. The molecule has 2 heterocycles. The van der Waals surface area contributed by atoms with Gasteiger partial charge in [-0.1, -0.05) is 23.7 Å². The molecule has 0 fully saturated rings. The summed E-state index contributed by atoms with van der Waals surface area (Å²) in [5.74, 6) is 0.662. The second-order valence-corrected chi connectivity index (χ2v) is 7.72. The zero-order valence-corrected chi connectivity index (χ0v) is 15.7. The summed E-state index contributed by atoms with van der Waals surface area (Å²) in [6, 6.07) is 7.79. The third-order valence-electron chi connectivity index (χ3n) is 4.34. The Hall–Kier alpha value is -1.69. The van der Waals surface area contributed by atoms with E-state index in [1.165, 1.54) is 0 Å². The van der Waals surface area contributed by atoms with Crippen LogP contribution in [0.3, 0.4) is 0 Å². The number of thiophene rings is 1. The maximum atomic E-state index is 12.4. The van der Waals surface area contributed by atoms with E-state index in [1.54, 1.807) is 11.3 Å². The van der Waals surface area contributed by atoms with Crippen LogP contribution in [0.5, 0.6) is 0 Å². The van der Waals surface area contributed by atoms with Crippen molar-refractivity contribution in [1.29, 1.82) is 0 Å². The Kier molecular flexibility index (Phi) is 4.76. The molecule has 0 spiro atoms. The van der Waals surface area contributed by atoms with Crippen molar-refractivity contribution in [2.24, 2.45) is 0 Å². The molecule has 0 aliphatic carbocycles. The highest BCUT2D eigenvalue weighted by atomic mass is 35.5. The Morgan fingerprint density at radius 2 is 1.83 bits per heavy atom. The van der Waals surface area contributed by atoms with Gasteiger partial charge in [-0.15, -0.1) is 11.3 Å². The van der Waals surface area contributed by atoms with E-state index in [2.05, 4.69) is 22.2 Å². The largest absolute Gasteiger partial charge is 0.309 e. The summed E-state index contributed by atoms with van der Waals surface area (Å²) >= 11 is 7.50. The van der Waals surface area contributed by atoms with Gasteiger partial charge in [-0.2, -0.15) is 0 Å². The summed E-state index contributed by atoms with van der Waals surface area (Å²) in [7, 11) is 0. The Morgan fingerprint density at radius 3 is 2.50 bits per heavy atom. The monoisotopic (exact) mass is 361 g/mol. The van der Waals surface area contributed by atoms with Gasteiger partial charge in [0.15, 0.2) is 0 Å². The minimum Gasteiger partial charge on any atom is -0.309 e. The molecule has 0 amide bonds. The molecule has 0 saturated carbocycles. The Morgan fingerprint density at radius 1 is 1.17 bits per heavy atom. The van der Waals surface area contributed by atoms with E-state index in [1.807, 2.05) is 45.0 Å². The number of H-pyrrole nitrogens is 1. The Bertz CT molecular complexity index is 930. The summed E-state index contributed by atoms with van der Waals surface area (Å²) in [6.07, 6.45) is 0. The summed E-state index contributed by atoms with van der Waals surface area (Å²) < 4.78 is 0. The lowest BCUT2D eigenvalue weighted by atomic mass is 10.1. The number of nitrogens with one attached hydrogen (secondary N) is 2. The van der Waals surface area contributed by atoms with Crippen LogP contribution in [0.2, 0.25) is 5.02 Å². The van der Waals surface area contributed by atoms with Gasteiger partial charge in [-0.25, -0.2) is 4.98 Å².